The zero-order chi connectivity index (χ0) is 22.2. The van der Waals surface area contributed by atoms with E-state index in [0.29, 0.717) is 18.5 Å². The van der Waals surface area contributed by atoms with Crippen LogP contribution in [0.25, 0.3) is 0 Å². The van der Waals surface area contributed by atoms with E-state index < -0.39 is 11.9 Å². The zero-order valence-corrected chi connectivity index (χ0v) is 17.3. The first kappa shape index (κ1) is 20.2. The lowest BCUT2D eigenvalue weighted by Crippen LogP contribution is -2.31. The van der Waals surface area contributed by atoms with E-state index in [0.717, 1.165) is 5.69 Å². The summed E-state index contributed by atoms with van der Waals surface area (Å²) in [6, 6.07) is 15.6. The quantitative estimate of drug-likeness (QED) is 0.322. The number of benzene rings is 2. The fourth-order valence-corrected chi connectivity index (χ4v) is 4.66. The second kappa shape index (κ2) is 8.07. The highest BCUT2D eigenvalue weighted by molar-refractivity contribution is 6.22. The fraction of sp³-hybridized carbons (Fsp3) is 0.280. The second-order valence-electron chi connectivity index (χ2n) is 8.33. The Kier molecular flexibility index (Phi) is 5.09. The van der Waals surface area contributed by atoms with Crippen LogP contribution in [0, 0.1) is 17.8 Å². The molecule has 7 nitrogen and oxygen atoms in total. The summed E-state index contributed by atoms with van der Waals surface area (Å²) in [5.41, 5.74) is 1.14. The zero-order valence-electron chi connectivity index (χ0n) is 17.3. The van der Waals surface area contributed by atoms with Crippen LogP contribution in [0.3, 0.4) is 0 Å². The van der Waals surface area contributed by atoms with Crippen LogP contribution in [0.2, 0.25) is 0 Å². The van der Waals surface area contributed by atoms with Crippen LogP contribution >= 0.6 is 0 Å². The van der Waals surface area contributed by atoms with Gasteiger partial charge in [-0.1, -0.05) is 36.4 Å². The average molecular weight is 430 g/mol. The molecule has 0 saturated carbocycles. The molecule has 0 spiro atoms. The summed E-state index contributed by atoms with van der Waals surface area (Å²) in [7, 11) is 0. The second-order valence-corrected chi connectivity index (χ2v) is 8.33. The van der Waals surface area contributed by atoms with Crippen molar-refractivity contribution in [2.75, 3.05) is 16.3 Å². The Hall–Kier alpha value is -3.74. The molecule has 2 saturated heterocycles. The number of rotatable bonds is 4. The SMILES string of the molecule is O=C(Oc1cccc(N2C(=O)C3CC=CCC3C2=O)c1)C1CC(=O)N(c2ccccc2)C1. The predicted octanol–water partition coefficient (Wildman–Crippen LogP) is 3.10. The summed E-state index contributed by atoms with van der Waals surface area (Å²) < 4.78 is 5.54. The van der Waals surface area contributed by atoms with Gasteiger partial charge in [0.05, 0.1) is 23.4 Å². The molecule has 3 aliphatic rings. The van der Waals surface area contributed by atoms with Gasteiger partial charge >= 0.3 is 5.97 Å². The highest BCUT2D eigenvalue weighted by atomic mass is 16.5. The van der Waals surface area contributed by atoms with E-state index >= 15 is 0 Å². The molecule has 162 valence electrons. The van der Waals surface area contributed by atoms with Gasteiger partial charge in [-0.3, -0.25) is 19.2 Å². The van der Waals surface area contributed by atoms with Crippen LogP contribution in [-0.4, -0.2) is 30.2 Å². The summed E-state index contributed by atoms with van der Waals surface area (Å²) in [5, 5.41) is 0. The number of amides is 3. The molecule has 0 N–H and O–H groups in total. The van der Waals surface area contributed by atoms with E-state index in [-0.39, 0.29) is 48.3 Å². The van der Waals surface area contributed by atoms with Gasteiger partial charge in [-0.05, 0) is 37.1 Å². The lowest BCUT2D eigenvalue weighted by atomic mass is 9.85. The first-order chi connectivity index (χ1) is 15.5. The van der Waals surface area contributed by atoms with Gasteiger partial charge in [-0.15, -0.1) is 0 Å². The molecule has 1 aliphatic carbocycles. The Balaban J connectivity index is 1.30. The predicted molar refractivity (Wildman–Crippen MR) is 117 cm³/mol. The van der Waals surface area contributed by atoms with Crippen molar-refractivity contribution in [1.29, 1.82) is 0 Å². The van der Waals surface area contributed by atoms with Crippen molar-refractivity contribution in [1.82, 2.24) is 0 Å². The number of fused-ring (bicyclic) bond motifs is 1. The maximum Gasteiger partial charge on any atom is 0.316 e. The van der Waals surface area contributed by atoms with Crippen LogP contribution in [0.1, 0.15) is 19.3 Å². The van der Waals surface area contributed by atoms with E-state index in [2.05, 4.69) is 0 Å². The van der Waals surface area contributed by atoms with Crippen molar-refractivity contribution in [3.05, 3.63) is 66.7 Å². The number of carbonyl (C=O) groups is 4. The molecule has 2 aromatic rings. The lowest BCUT2D eigenvalue weighted by Gasteiger charge is -2.17. The maximum atomic E-state index is 12.8. The summed E-state index contributed by atoms with van der Waals surface area (Å²) in [6.45, 7) is 0.251. The number of allylic oxidation sites excluding steroid dienone is 2. The smallest absolute Gasteiger partial charge is 0.316 e. The molecular formula is C25H22N2O5. The third kappa shape index (κ3) is 3.49. The number of imide groups is 1. The molecule has 0 aromatic heterocycles. The molecule has 2 fully saturated rings. The van der Waals surface area contributed by atoms with E-state index in [1.54, 1.807) is 23.1 Å². The first-order valence-electron chi connectivity index (χ1n) is 10.7. The normalized spacial score (nSPS) is 24.8. The van der Waals surface area contributed by atoms with E-state index in [4.69, 9.17) is 4.74 Å². The summed E-state index contributed by atoms with van der Waals surface area (Å²) in [6.07, 6.45) is 5.08. The molecule has 2 heterocycles. The van der Waals surface area contributed by atoms with E-state index in [1.165, 1.54) is 11.0 Å². The van der Waals surface area contributed by atoms with Gasteiger partial charge in [0.2, 0.25) is 17.7 Å². The number of esters is 1. The van der Waals surface area contributed by atoms with Crippen molar-refractivity contribution in [2.45, 2.75) is 19.3 Å². The molecule has 2 aromatic carbocycles. The molecule has 3 amide bonds. The van der Waals surface area contributed by atoms with Crippen LogP contribution in [-0.2, 0) is 19.2 Å². The van der Waals surface area contributed by atoms with Gasteiger partial charge in [-0.2, -0.15) is 0 Å². The molecule has 3 atom stereocenters. The lowest BCUT2D eigenvalue weighted by molar-refractivity contribution is -0.139. The Labute approximate surface area is 185 Å². The average Bonchev–Trinajstić information content (AvgIpc) is 3.32. The molecule has 0 radical (unpaired) electrons. The topological polar surface area (TPSA) is 84.0 Å². The van der Waals surface area contributed by atoms with Crippen LogP contribution < -0.4 is 14.5 Å². The van der Waals surface area contributed by atoms with Gasteiger partial charge in [0.1, 0.15) is 5.75 Å². The fourth-order valence-electron chi connectivity index (χ4n) is 4.66. The molecule has 3 unspecified atom stereocenters. The summed E-state index contributed by atoms with van der Waals surface area (Å²) >= 11 is 0. The number of hydrogen-bond donors (Lipinski definition) is 0. The summed E-state index contributed by atoms with van der Waals surface area (Å²) in [5.74, 6) is -2.07. The largest absolute Gasteiger partial charge is 0.426 e. The van der Waals surface area contributed by atoms with Crippen molar-refractivity contribution in [3.8, 4) is 5.75 Å². The van der Waals surface area contributed by atoms with Crippen molar-refractivity contribution >= 4 is 35.1 Å². The van der Waals surface area contributed by atoms with E-state index in [1.807, 2.05) is 42.5 Å². The molecule has 5 rings (SSSR count). The molecule has 2 aliphatic heterocycles. The number of hydrogen-bond acceptors (Lipinski definition) is 5. The van der Waals surface area contributed by atoms with Crippen LogP contribution in [0.15, 0.2) is 66.7 Å². The number of anilines is 2. The third-order valence-electron chi connectivity index (χ3n) is 6.33. The first-order valence-corrected chi connectivity index (χ1v) is 10.7. The highest BCUT2D eigenvalue weighted by Crippen LogP contribution is 2.38. The van der Waals surface area contributed by atoms with Gasteiger partial charge in [0.25, 0.3) is 0 Å². The third-order valence-corrected chi connectivity index (χ3v) is 6.33. The monoisotopic (exact) mass is 430 g/mol. The van der Waals surface area contributed by atoms with Gasteiger partial charge < -0.3 is 9.64 Å². The summed E-state index contributed by atoms with van der Waals surface area (Å²) in [4.78, 5) is 53.6. The molecule has 0 bridgehead atoms. The minimum absolute atomic E-state index is 0.0763. The Morgan fingerprint density at radius 1 is 0.844 bits per heavy atom. The Morgan fingerprint density at radius 3 is 2.19 bits per heavy atom. The number of carbonyl (C=O) groups excluding carboxylic acids is 4. The minimum Gasteiger partial charge on any atom is -0.426 e. The standard InChI is InChI=1S/C25H22N2O5/c28-22-13-16(15-26(22)17-7-2-1-3-8-17)25(31)32-19-10-6-9-18(14-19)27-23(29)20-11-4-5-12-21(20)24(27)30/h1-10,14,16,20-21H,11-13,15H2. The number of ether oxygens (including phenoxy) is 1. The molecule has 32 heavy (non-hydrogen) atoms. The minimum atomic E-state index is -0.588. The Bertz CT molecular complexity index is 1100. The Morgan fingerprint density at radius 2 is 1.50 bits per heavy atom. The van der Waals surface area contributed by atoms with Crippen molar-refractivity contribution in [2.24, 2.45) is 17.8 Å². The van der Waals surface area contributed by atoms with Gasteiger partial charge in [-0.25, -0.2) is 4.90 Å². The van der Waals surface area contributed by atoms with Gasteiger partial charge in [0, 0.05) is 24.7 Å². The van der Waals surface area contributed by atoms with E-state index in [9.17, 15) is 19.2 Å². The maximum absolute atomic E-state index is 12.8. The molecular weight excluding hydrogens is 408 g/mol. The van der Waals surface area contributed by atoms with Crippen molar-refractivity contribution in [3.63, 3.8) is 0 Å². The number of para-hydroxylation sites is 1. The van der Waals surface area contributed by atoms with Crippen LogP contribution in [0.5, 0.6) is 5.75 Å². The highest BCUT2D eigenvalue weighted by Gasteiger charge is 2.48. The van der Waals surface area contributed by atoms with Gasteiger partial charge in [0.15, 0.2) is 0 Å². The molecule has 7 heteroatoms. The number of nitrogens with zero attached hydrogens (tertiary/aromatic N) is 2. The van der Waals surface area contributed by atoms with Crippen molar-refractivity contribution < 1.29 is 23.9 Å². The van der Waals surface area contributed by atoms with Crippen LogP contribution in [0.4, 0.5) is 11.4 Å².